The molecule has 6 heteroatoms. The quantitative estimate of drug-likeness (QED) is 0.663. The van der Waals surface area contributed by atoms with E-state index in [-0.39, 0.29) is 0 Å². The third kappa shape index (κ3) is 4.05. The number of aliphatic imine (C=N–C) groups is 1. The first-order chi connectivity index (χ1) is 10.1. The summed E-state index contributed by atoms with van der Waals surface area (Å²) in [6.45, 7) is 6.99. The highest BCUT2D eigenvalue weighted by molar-refractivity contribution is 5.79. The van der Waals surface area contributed by atoms with Crippen molar-refractivity contribution in [3.8, 4) is 0 Å². The van der Waals surface area contributed by atoms with Crippen molar-refractivity contribution >= 4 is 5.96 Å². The van der Waals surface area contributed by atoms with Crippen LogP contribution in [0.4, 0.5) is 0 Å². The van der Waals surface area contributed by atoms with Gasteiger partial charge >= 0.3 is 0 Å². The van der Waals surface area contributed by atoms with Gasteiger partial charge in [0.15, 0.2) is 5.96 Å². The third-order valence-corrected chi connectivity index (χ3v) is 3.24. The Balaban J connectivity index is 1.88. The lowest BCUT2D eigenvalue weighted by Crippen LogP contribution is -2.36. The monoisotopic (exact) mass is 287 g/mol. The molecule has 2 heterocycles. The molecule has 0 amide bonds. The third-order valence-electron chi connectivity index (χ3n) is 3.24. The topological polar surface area (TPSA) is 75.3 Å². The molecule has 0 atom stereocenters. The number of hydrogen-bond acceptors (Lipinski definition) is 4. The molecule has 0 aliphatic heterocycles. The minimum Gasteiger partial charge on any atom is -0.444 e. The lowest BCUT2D eigenvalue weighted by atomic mass is 10.2. The number of nitrogens with zero attached hydrogens (tertiary/aromatic N) is 3. The van der Waals surface area contributed by atoms with Gasteiger partial charge in [-0.25, -0.2) is 4.98 Å². The molecule has 2 aromatic heterocycles. The molecule has 0 aliphatic carbocycles. The van der Waals surface area contributed by atoms with Gasteiger partial charge in [0.05, 0.1) is 24.5 Å². The average Bonchev–Trinajstić information content (AvgIpc) is 2.79. The fourth-order valence-electron chi connectivity index (χ4n) is 1.87. The van der Waals surface area contributed by atoms with Crippen molar-refractivity contribution in [3.05, 3.63) is 46.9 Å². The number of aryl methyl sites for hydroxylation is 3. The van der Waals surface area contributed by atoms with Crippen LogP contribution in [0, 0.1) is 20.8 Å². The highest BCUT2D eigenvalue weighted by Crippen LogP contribution is 2.07. The zero-order valence-corrected chi connectivity index (χ0v) is 12.9. The van der Waals surface area contributed by atoms with E-state index < -0.39 is 0 Å². The molecule has 2 rings (SSSR count). The predicted molar refractivity (Wildman–Crippen MR) is 82.0 cm³/mol. The molecule has 112 valence electrons. The van der Waals surface area contributed by atoms with Crippen molar-refractivity contribution < 1.29 is 4.42 Å². The Morgan fingerprint density at radius 3 is 2.62 bits per heavy atom. The van der Waals surface area contributed by atoms with Crippen molar-refractivity contribution in [3.63, 3.8) is 0 Å². The van der Waals surface area contributed by atoms with Crippen LogP contribution in [-0.4, -0.2) is 23.0 Å². The van der Waals surface area contributed by atoms with Gasteiger partial charge < -0.3 is 15.1 Å². The van der Waals surface area contributed by atoms with Gasteiger partial charge in [0, 0.05) is 13.2 Å². The molecule has 0 fully saturated rings. The summed E-state index contributed by atoms with van der Waals surface area (Å²) in [6, 6.07) is 3.97. The Morgan fingerprint density at radius 1 is 1.24 bits per heavy atom. The van der Waals surface area contributed by atoms with Crippen LogP contribution >= 0.6 is 0 Å². The first-order valence-electron chi connectivity index (χ1n) is 6.88. The van der Waals surface area contributed by atoms with Gasteiger partial charge in [0.1, 0.15) is 5.76 Å². The predicted octanol–water partition coefficient (Wildman–Crippen LogP) is 1.86. The molecule has 0 saturated heterocycles. The van der Waals surface area contributed by atoms with E-state index in [1.165, 1.54) is 0 Å². The second-order valence-electron chi connectivity index (χ2n) is 4.80. The first-order valence-corrected chi connectivity index (χ1v) is 6.88. The van der Waals surface area contributed by atoms with E-state index in [0.717, 1.165) is 22.7 Å². The molecule has 0 aliphatic rings. The minimum absolute atomic E-state index is 0.496. The number of rotatable bonds is 4. The van der Waals surface area contributed by atoms with E-state index in [4.69, 9.17) is 4.42 Å². The molecule has 0 unspecified atom stereocenters. The van der Waals surface area contributed by atoms with Crippen molar-refractivity contribution in [1.29, 1.82) is 0 Å². The van der Waals surface area contributed by atoms with E-state index in [1.807, 2.05) is 32.9 Å². The Morgan fingerprint density at radius 2 is 2.00 bits per heavy atom. The fourth-order valence-corrected chi connectivity index (χ4v) is 1.87. The van der Waals surface area contributed by atoms with Crippen LogP contribution in [0.3, 0.4) is 0 Å². The van der Waals surface area contributed by atoms with Crippen molar-refractivity contribution in [2.75, 3.05) is 7.05 Å². The molecule has 2 aromatic rings. The van der Waals surface area contributed by atoms with E-state index in [1.54, 1.807) is 13.2 Å². The molecule has 2 N–H and O–H groups in total. The van der Waals surface area contributed by atoms with Crippen LogP contribution in [0.2, 0.25) is 0 Å². The zero-order valence-electron chi connectivity index (χ0n) is 12.9. The minimum atomic E-state index is 0.496. The molecular formula is C15H21N5O. The smallest absolute Gasteiger partial charge is 0.214 e. The van der Waals surface area contributed by atoms with Gasteiger partial charge in [-0.3, -0.25) is 9.98 Å². The summed E-state index contributed by atoms with van der Waals surface area (Å²) in [4.78, 5) is 12.8. The lowest BCUT2D eigenvalue weighted by Gasteiger charge is -2.11. The summed E-state index contributed by atoms with van der Waals surface area (Å²) in [6.07, 6.45) is 1.79. The summed E-state index contributed by atoms with van der Waals surface area (Å²) in [5.41, 5.74) is 3.07. The molecule has 0 aromatic carbocycles. The molecule has 21 heavy (non-hydrogen) atoms. The van der Waals surface area contributed by atoms with Gasteiger partial charge in [-0.05, 0) is 32.4 Å². The molecular weight excluding hydrogens is 266 g/mol. The van der Waals surface area contributed by atoms with Crippen LogP contribution in [0.15, 0.2) is 27.7 Å². The maximum Gasteiger partial charge on any atom is 0.214 e. The maximum absolute atomic E-state index is 5.52. The van der Waals surface area contributed by atoms with Gasteiger partial charge in [0.2, 0.25) is 5.89 Å². The van der Waals surface area contributed by atoms with E-state index in [9.17, 15) is 0 Å². The van der Waals surface area contributed by atoms with Crippen molar-refractivity contribution in [1.82, 2.24) is 20.6 Å². The van der Waals surface area contributed by atoms with E-state index in [2.05, 4.69) is 25.6 Å². The summed E-state index contributed by atoms with van der Waals surface area (Å²) in [7, 11) is 1.73. The first kappa shape index (κ1) is 15.0. The van der Waals surface area contributed by atoms with Crippen LogP contribution in [-0.2, 0) is 13.1 Å². The van der Waals surface area contributed by atoms with Crippen molar-refractivity contribution in [2.24, 2.45) is 4.99 Å². The van der Waals surface area contributed by atoms with Crippen LogP contribution in [0.5, 0.6) is 0 Å². The summed E-state index contributed by atoms with van der Waals surface area (Å²) >= 11 is 0. The number of oxazole rings is 1. The SMILES string of the molecule is CN=C(NCc1nc(C)c(C)o1)NCc1ncccc1C. The highest BCUT2D eigenvalue weighted by atomic mass is 16.4. The van der Waals surface area contributed by atoms with Gasteiger partial charge in [-0.2, -0.15) is 0 Å². The van der Waals surface area contributed by atoms with Crippen LogP contribution in [0.25, 0.3) is 0 Å². The van der Waals surface area contributed by atoms with Crippen molar-refractivity contribution in [2.45, 2.75) is 33.9 Å². The Hall–Kier alpha value is -2.37. The summed E-state index contributed by atoms with van der Waals surface area (Å²) < 4.78 is 5.52. The number of guanidine groups is 1. The number of aromatic nitrogens is 2. The van der Waals surface area contributed by atoms with Crippen LogP contribution < -0.4 is 10.6 Å². The second-order valence-corrected chi connectivity index (χ2v) is 4.80. The molecule has 0 saturated carbocycles. The standard InChI is InChI=1S/C15H21N5O/c1-10-6-5-7-17-13(10)8-18-15(16-4)19-9-14-20-11(2)12(3)21-14/h5-7H,8-9H2,1-4H3,(H2,16,18,19). The zero-order chi connectivity index (χ0) is 15.2. The van der Waals surface area contributed by atoms with Gasteiger partial charge in [-0.1, -0.05) is 6.07 Å². The highest BCUT2D eigenvalue weighted by Gasteiger charge is 2.07. The summed E-state index contributed by atoms with van der Waals surface area (Å²) in [5.74, 6) is 2.19. The van der Waals surface area contributed by atoms with Gasteiger partial charge in [0.25, 0.3) is 0 Å². The summed E-state index contributed by atoms with van der Waals surface area (Å²) in [5, 5.41) is 6.40. The fraction of sp³-hybridized carbons (Fsp3) is 0.400. The maximum atomic E-state index is 5.52. The number of pyridine rings is 1. The molecule has 6 nitrogen and oxygen atoms in total. The normalized spacial score (nSPS) is 11.5. The number of nitrogens with one attached hydrogen (secondary N) is 2. The average molecular weight is 287 g/mol. The Kier molecular flexibility index (Phi) is 4.92. The molecule has 0 spiro atoms. The Labute approximate surface area is 124 Å². The lowest BCUT2D eigenvalue weighted by molar-refractivity contribution is 0.463. The molecule has 0 radical (unpaired) electrons. The number of hydrogen-bond donors (Lipinski definition) is 2. The van der Waals surface area contributed by atoms with Crippen LogP contribution in [0.1, 0.15) is 28.6 Å². The van der Waals surface area contributed by atoms with Gasteiger partial charge in [-0.15, -0.1) is 0 Å². The largest absolute Gasteiger partial charge is 0.444 e. The van der Waals surface area contributed by atoms with E-state index in [0.29, 0.717) is 24.9 Å². The van der Waals surface area contributed by atoms with E-state index >= 15 is 0 Å². The Bertz CT molecular complexity index is 613. The second kappa shape index (κ2) is 6.88. The molecule has 0 bridgehead atoms.